The van der Waals surface area contributed by atoms with E-state index < -0.39 is 16.7 Å². The lowest BCUT2D eigenvalue weighted by Crippen LogP contribution is -2.11. The zero-order valence-electron chi connectivity index (χ0n) is 9.79. The van der Waals surface area contributed by atoms with Crippen LogP contribution in [0.15, 0.2) is 39.2 Å². The number of hydrogen-bond donors (Lipinski definition) is 1. The molecule has 1 amide bonds. The Morgan fingerprint density at radius 1 is 1.40 bits per heavy atom. The summed E-state index contributed by atoms with van der Waals surface area (Å²) in [5, 5.41) is 21.9. The first kappa shape index (κ1) is 13.8. The maximum absolute atomic E-state index is 11.9. The molecule has 2 rings (SSSR count). The molecule has 8 heteroatoms. The van der Waals surface area contributed by atoms with Crippen LogP contribution in [0.1, 0.15) is 16.1 Å². The van der Waals surface area contributed by atoms with E-state index in [9.17, 15) is 14.9 Å². The zero-order chi connectivity index (χ0) is 14.7. The third kappa shape index (κ3) is 2.84. The van der Waals surface area contributed by atoms with Crippen molar-refractivity contribution in [2.24, 2.45) is 0 Å². The van der Waals surface area contributed by atoms with Gasteiger partial charge in [0.1, 0.15) is 11.0 Å². The molecule has 1 aromatic heterocycles. The predicted molar refractivity (Wildman–Crippen MR) is 72.2 cm³/mol. The molecule has 2 aromatic rings. The van der Waals surface area contributed by atoms with E-state index in [0.29, 0.717) is 10.2 Å². The number of nitrogens with one attached hydrogen (secondary N) is 1. The van der Waals surface area contributed by atoms with E-state index in [2.05, 4.69) is 21.2 Å². The SMILES string of the molecule is N#Cc1cc(Br)ccc1NC(=O)c1ccc([N+](=O)[O-])o1. The van der Waals surface area contributed by atoms with Gasteiger partial charge in [0.15, 0.2) is 5.76 Å². The van der Waals surface area contributed by atoms with E-state index in [0.717, 1.165) is 6.07 Å². The van der Waals surface area contributed by atoms with Crippen LogP contribution in [0.25, 0.3) is 0 Å². The number of halogens is 1. The number of carbonyl (C=O) groups excluding carboxylic acids is 1. The predicted octanol–water partition coefficient (Wildman–Crippen LogP) is 3.07. The molecule has 100 valence electrons. The van der Waals surface area contributed by atoms with Gasteiger partial charge >= 0.3 is 5.88 Å². The van der Waals surface area contributed by atoms with Gasteiger partial charge in [-0.15, -0.1) is 0 Å². The van der Waals surface area contributed by atoms with Crippen LogP contribution in [-0.4, -0.2) is 10.8 Å². The zero-order valence-corrected chi connectivity index (χ0v) is 11.4. The van der Waals surface area contributed by atoms with Gasteiger partial charge in [0.2, 0.25) is 0 Å². The molecule has 1 N–H and O–H groups in total. The summed E-state index contributed by atoms with van der Waals surface area (Å²) in [5.41, 5.74) is 0.550. The quantitative estimate of drug-likeness (QED) is 0.684. The second kappa shape index (κ2) is 5.54. The van der Waals surface area contributed by atoms with Gasteiger partial charge in [0.05, 0.1) is 17.3 Å². The highest BCUT2D eigenvalue weighted by Gasteiger charge is 2.18. The van der Waals surface area contributed by atoms with E-state index >= 15 is 0 Å². The fourth-order valence-electron chi connectivity index (χ4n) is 1.45. The smallest absolute Gasteiger partial charge is 0.395 e. The van der Waals surface area contributed by atoms with Crippen molar-refractivity contribution in [1.82, 2.24) is 0 Å². The number of nitriles is 1. The summed E-state index contributed by atoms with van der Waals surface area (Å²) in [6, 6.07) is 8.95. The van der Waals surface area contributed by atoms with Gasteiger partial charge < -0.3 is 9.73 Å². The van der Waals surface area contributed by atoms with Gasteiger partial charge in [-0.25, -0.2) is 0 Å². The lowest BCUT2D eigenvalue weighted by Gasteiger charge is -2.05. The third-order valence-electron chi connectivity index (χ3n) is 2.35. The lowest BCUT2D eigenvalue weighted by molar-refractivity contribution is -0.402. The number of rotatable bonds is 3. The molecule has 7 nitrogen and oxygen atoms in total. The number of anilines is 1. The average molecular weight is 336 g/mol. The number of hydrogen-bond acceptors (Lipinski definition) is 5. The van der Waals surface area contributed by atoms with Crippen LogP contribution in [0.5, 0.6) is 0 Å². The number of amides is 1. The fourth-order valence-corrected chi connectivity index (χ4v) is 1.81. The number of furan rings is 1. The Kier molecular flexibility index (Phi) is 3.81. The molecule has 20 heavy (non-hydrogen) atoms. The van der Waals surface area contributed by atoms with Crippen molar-refractivity contribution in [3.63, 3.8) is 0 Å². The minimum Gasteiger partial charge on any atom is -0.395 e. The minimum absolute atomic E-state index is 0.205. The van der Waals surface area contributed by atoms with Crippen LogP contribution in [0.3, 0.4) is 0 Å². The first-order chi connectivity index (χ1) is 9.51. The van der Waals surface area contributed by atoms with Crippen LogP contribution < -0.4 is 5.32 Å². The standard InChI is InChI=1S/C12H6BrN3O4/c13-8-1-2-9(7(5-8)6-14)15-12(17)10-3-4-11(20-10)16(18)19/h1-5H,(H,15,17). The first-order valence-corrected chi connectivity index (χ1v) is 6.06. The van der Waals surface area contributed by atoms with Crippen molar-refractivity contribution in [3.8, 4) is 6.07 Å². The molecule has 0 aliphatic heterocycles. The highest BCUT2D eigenvalue weighted by Crippen LogP contribution is 2.22. The summed E-state index contributed by atoms with van der Waals surface area (Å²) in [6.45, 7) is 0. The molecule has 1 aromatic carbocycles. The second-order valence-corrected chi connectivity index (χ2v) is 4.57. The Hall–Kier alpha value is -2.66. The van der Waals surface area contributed by atoms with Gasteiger partial charge in [0.25, 0.3) is 5.91 Å². The highest BCUT2D eigenvalue weighted by molar-refractivity contribution is 9.10. The van der Waals surface area contributed by atoms with Gasteiger partial charge in [-0.2, -0.15) is 5.26 Å². The van der Waals surface area contributed by atoms with Gasteiger partial charge in [-0.05, 0) is 24.3 Å². The Morgan fingerprint density at radius 3 is 2.75 bits per heavy atom. The van der Waals surface area contributed by atoms with E-state index in [1.807, 2.05) is 6.07 Å². The lowest BCUT2D eigenvalue weighted by atomic mass is 10.2. The molecular weight excluding hydrogens is 330 g/mol. The maximum Gasteiger partial charge on any atom is 0.433 e. The van der Waals surface area contributed by atoms with E-state index in [4.69, 9.17) is 9.68 Å². The monoisotopic (exact) mass is 335 g/mol. The average Bonchev–Trinajstić information content (AvgIpc) is 2.90. The number of nitro groups is 1. The van der Waals surface area contributed by atoms with Crippen molar-refractivity contribution < 1.29 is 14.1 Å². The van der Waals surface area contributed by atoms with Crippen LogP contribution in [-0.2, 0) is 0 Å². The van der Waals surface area contributed by atoms with E-state index in [1.54, 1.807) is 12.1 Å². The Morgan fingerprint density at radius 2 is 2.15 bits per heavy atom. The highest BCUT2D eigenvalue weighted by atomic mass is 79.9. The van der Waals surface area contributed by atoms with E-state index in [1.165, 1.54) is 12.1 Å². The summed E-state index contributed by atoms with van der Waals surface area (Å²) in [4.78, 5) is 21.6. The van der Waals surface area contributed by atoms with Crippen LogP contribution in [0.4, 0.5) is 11.6 Å². The second-order valence-electron chi connectivity index (χ2n) is 3.65. The normalized spacial score (nSPS) is 9.80. The maximum atomic E-state index is 11.9. The summed E-state index contributed by atoms with van der Waals surface area (Å²) in [6.07, 6.45) is 0. The van der Waals surface area contributed by atoms with Crippen molar-refractivity contribution >= 4 is 33.4 Å². The van der Waals surface area contributed by atoms with Gasteiger partial charge in [0, 0.05) is 4.47 Å². The first-order valence-electron chi connectivity index (χ1n) is 5.26. The molecule has 1 heterocycles. The summed E-state index contributed by atoms with van der Waals surface area (Å²) in [7, 11) is 0. The Balaban J connectivity index is 2.23. The van der Waals surface area contributed by atoms with Crippen LogP contribution in [0.2, 0.25) is 0 Å². The topological polar surface area (TPSA) is 109 Å². The summed E-state index contributed by atoms with van der Waals surface area (Å²) in [5.74, 6) is -1.40. The van der Waals surface area contributed by atoms with Gasteiger partial charge in [-0.1, -0.05) is 15.9 Å². The van der Waals surface area contributed by atoms with Crippen molar-refractivity contribution in [3.05, 3.63) is 56.2 Å². The molecule has 0 radical (unpaired) electrons. The fraction of sp³-hybridized carbons (Fsp3) is 0. The molecule has 0 fully saturated rings. The number of carbonyl (C=O) groups is 1. The van der Waals surface area contributed by atoms with Crippen molar-refractivity contribution in [1.29, 1.82) is 5.26 Å². The largest absolute Gasteiger partial charge is 0.433 e. The number of nitrogens with zero attached hydrogens (tertiary/aromatic N) is 2. The third-order valence-corrected chi connectivity index (χ3v) is 2.84. The minimum atomic E-state index is -0.739. The Labute approximate surface area is 121 Å². The molecular formula is C12H6BrN3O4. The number of benzene rings is 1. The van der Waals surface area contributed by atoms with Crippen LogP contribution in [0, 0.1) is 21.4 Å². The Bertz CT molecular complexity index is 733. The summed E-state index contributed by atoms with van der Waals surface area (Å²) >= 11 is 3.21. The molecule has 0 atom stereocenters. The summed E-state index contributed by atoms with van der Waals surface area (Å²) < 4.78 is 5.47. The van der Waals surface area contributed by atoms with Crippen molar-refractivity contribution in [2.45, 2.75) is 0 Å². The molecule has 0 aliphatic carbocycles. The molecule has 0 unspecified atom stereocenters. The molecule has 0 spiro atoms. The molecule has 0 aliphatic rings. The van der Waals surface area contributed by atoms with Gasteiger partial charge in [-0.3, -0.25) is 14.9 Å². The van der Waals surface area contributed by atoms with Crippen LogP contribution >= 0.6 is 15.9 Å². The van der Waals surface area contributed by atoms with Crippen molar-refractivity contribution in [2.75, 3.05) is 5.32 Å². The molecule has 0 saturated carbocycles. The van der Waals surface area contributed by atoms with E-state index in [-0.39, 0.29) is 11.3 Å². The molecule has 0 saturated heterocycles. The molecule has 0 bridgehead atoms.